The molecule has 2 rings (SSSR count). The lowest BCUT2D eigenvalue weighted by Gasteiger charge is -2.08. The van der Waals surface area contributed by atoms with Crippen LogP contribution in [-0.2, 0) is 11.3 Å². The lowest BCUT2D eigenvalue weighted by molar-refractivity contribution is -0.138. The molecular formula is C10H12N4O2S. The Labute approximate surface area is 102 Å². The average Bonchev–Trinajstić information content (AvgIpc) is 2.84. The fraction of sp³-hybridized carbons (Fsp3) is 0.400. The van der Waals surface area contributed by atoms with Crippen LogP contribution in [0, 0.1) is 5.92 Å². The van der Waals surface area contributed by atoms with E-state index in [1.54, 1.807) is 16.0 Å². The van der Waals surface area contributed by atoms with Crippen LogP contribution in [0.1, 0.15) is 13.3 Å². The van der Waals surface area contributed by atoms with Crippen LogP contribution in [-0.4, -0.2) is 31.3 Å². The van der Waals surface area contributed by atoms with Crippen molar-refractivity contribution < 1.29 is 9.90 Å². The van der Waals surface area contributed by atoms with Crippen LogP contribution in [0.4, 0.5) is 0 Å². The van der Waals surface area contributed by atoms with Crippen molar-refractivity contribution >= 4 is 17.3 Å². The molecule has 2 aromatic heterocycles. The molecule has 0 saturated carbocycles. The number of thiophene rings is 1. The summed E-state index contributed by atoms with van der Waals surface area (Å²) in [4.78, 5) is 11.6. The quantitative estimate of drug-likeness (QED) is 0.872. The van der Waals surface area contributed by atoms with Crippen LogP contribution in [0.15, 0.2) is 17.5 Å². The van der Waals surface area contributed by atoms with E-state index in [9.17, 15) is 4.79 Å². The molecule has 1 unspecified atom stereocenters. The minimum atomic E-state index is -0.803. The highest BCUT2D eigenvalue weighted by Crippen LogP contribution is 2.22. The second-order valence-electron chi connectivity index (χ2n) is 3.86. The molecule has 6 nitrogen and oxygen atoms in total. The number of rotatable bonds is 5. The Kier molecular flexibility index (Phi) is 3.48. The summed E-state index contributed by atoms with van der Waals surface area (Å²) in [6, 6.07) is 3.87. The molecule has 0 bridgehead atoms. The van der Waals surface area contributed by atoms with E-state index in [2.05, 4.69) is 15.5 Å². The van der Waals surface area contributed by atoms with Crippen molar-refractivity contribution in [3.63, 3.8) is 0 Å². The second kappa shape index (κ2) is 5.05. The number of aliphatic carboxylic acids is 1. The van der Waals surface area contributed by atoms with Crippen LogP contribution in [0.3, 0.4) is 0 Å². The van der Waals surface area contributed by atoms with Gasteiger partial charge in [-0.3, -0.25) is 4.79 Å². The molecule has 0 fully saturated rings. The van der Waals surface area contributed by atoms with Gasteiger partial charge in [-0.2, -0.15) is 0 Å². The number of carbonyl (C=O) groups is 1. The highest BCUT2D eigenvalue weighted by atomic mass is 32.1. The maximum atomic E-state index is 10.6. The van der Waals surface area contributed by atoms with E-state index in [-0.39, 0.29) is 12.3 Å². The number of carboxylic acid groups (broad SMARTS) is 1. The number of hydrogen-bond acceptors (Lipinski definition) is 5. The smallest absolute Gasteiger partial charge is 0.303 e. The molecule has 7 heteroatoms. The minimum Gasteiger partial charge on any atom is -0.481 e. The molecule has 17 heavy (non-hydrogen) atoms. The molecule has 0 radical (unpaired) electrons. The van der Waals surface area contributed by atoms with Crippen LogP contribution in [0.5, 0.6) is 0 Å². The summed E-state index contributed by atoms with van der Waals surface area (Å²) < 4.78 is 1.65. The van der Waals surface area contributed by atoms with Crippen molar-refractivity contribution in [1.82, 2.24) is 20.2 Å². The third-order valence-electron chi connectivity index (χ3n) is 2.28. The monoisotopic (exact) mass is 252 g/mol. The molecule has 90 valence electrons. The van der Waals surface area contributed by atoms with Gasteiger partial charge < -0.3 is 5.11 Å². The number of tetrazole rings is 1. The lowest BCUT2D eigenvalue weighted by Crippen LogP contribution is -2.13. The van der Waals surface area contributed by atoms with Crippen LogP contribution in [0.25, 0.3) is 10.7 Å². The molecule has 0 saturated heterocycles. The van der Waals surface area contributed by atoms with Gasteiger partial charge in [0, 0.05) is 13.0 Å². The van der Waals surface area contributed by atoms with Crippen molar-refractivity contribution in [3.05, 3.63) is 17.5 Å². The first kappa shape index (κ1) is 11.7. The SMILES string of the molecule is CC(CC(=O)O)Cn1nnnc1-c1cccs1. The molecule has 0 aliphatic carbocycles. The van der Waals surface area contributed by atoms with Crippen LogP contribution < -0.4 is 0 Å². The normalized spacial score (nSPS) is 12.5. The average molecular weight is 252 g/mol. The van der Waals surface area contributed by atoms with Gasteiger partial charge in [0.1, 0.15) is 0 Å². The molecular weight excluding hydrogens is 240 g/mol. The highest BCUT2D eigenvalue weighted by molar-refractivity contribution is 7.13. The Morgan fingerprint density at radius 3 is 3.12 bits per heavy atom. The van der Waals surface area contributed by atoms with Gasteiger partial charge in [-0.15, -0.1) is 16.4 Å². The predicted molar refractivity (Wildman–Crippen MR) is 62.5 cm³/mol. The third kappa shape index (κ3) is 2.88. The van der Waals surface area contributed by atoms with E-state index >= 15 is 0 Å². The highest BCUT2D eigenvalue weighted by Gasteiger charge is 2.14. The van der Waals surface area contributed by atoms with Gasteiger partial charge in [-0.05, 0) is 27.8 Å². The minimum absolute atomic E-state index is 0.00490. The molecule has 0 spiro atoms. The lowest BCUT2D eigenvalue weighted by atomic mass is 10.1. The van der Waals surface area contributed by atoms with Gasteiger partial charge in [0.05, 0.1) is 4.88 Å². The molecule has 0 aliphatic heterocycles. The Hall–Kier alpha value is -1.76. The maximum absolute atomic E-state index is 10.6. The van der Waals surface area contributed by atoms with Gasteiger partial charge in [0.2, 0.25) is 0 Å². The Morgan fingerprint density at radius 2 is 2.47 bits per heavy atom. The number of nitrogens with zero attached hydrogens (tertiary/aromatic N) is 4. The van der Waals surface area contributed by atoms with E-state index in [0.717, 1.165) is 4.88 Å². The Bertz CT molecular complexity index is 494. The first-order chi connectivity index (χ1) is 8.16. The van der Waals surface area contributed by atoms with Crippen molar-refractivity contribution in [2.24, 2.45) is 5.92 Å². The van der Waals surface area contributed by atoms with E-state index in [1.807, 2.05) is 24.4 Å². The summed E-state index contributed by atoms with van der Waals surface area (Å²) in [7, 11) is 0. The summed E-state index contributed by atoms with van der Waals surface area (Å²) >= 11 is 1.56. The second-order valence-corrected chi connectivity index (χ2v) is 4.81. The zero-order valence-corrected chi connectivity index (χ0v) is 10.1. The summed E-state index contributed by atoms with van der Waals surface area (Å²) in [6.45, 7) is 2.38. The van der Waals surface area contributed by atoms with Gasteiger partial charge in [0.25, 0.3) is 0 Å². The van der Waals surface area contributed by atoms with Gasteiger partial charge in [0.15, 0.2) is 5.82 Å². The summed E-state index contributed by atoms with van der Waals surface area (Å²) in [5.41, 5.74) is 0. The number of carboxylic acids is 1. The molecule has 1 N–H and O–H groups in total. The zero-order chi connectivity index (χ0) is 12.3. The third-order valence-corrected chi connectivity index (χ3v) is 3.15. The predicted octanol–water partition coefficient (Wildman–Crippen LogP) is 1.51. The molecule has 0 amide bonds. The Balaban J connectivity index is 2.12. The number of aromatic nitrogens is 4. The Morgan fingerprint density at radius 1 is 1.65 bits per heavy atom. The molecule has 2 aromatic rings. The van der Waals surface area contributed by atoms with Crippen molar-refractivity contribution in [2.45, 2.75) is 19.9 Å². The van der Waals surface area contributed by atoms with E-state index in [1.165, 1.54) is 0 Å². The molecule has 2 heterocycles. The number of hydrogen-bond donors (Lipinski definition) is 1. The molecule has 0 aliphatic rings. The van der Waals surface area contributed by atoms with Gasteiger partial charge in [-0.25, -0.2) is 4.68 Å². The largest absolute Gasteiger partial charge is 0.481 e. The standard InChI is InChI=1S/C10H12N4O2S/c1-7(5-9(15)16)6-14-10(11-12-13-14)8-3-2-4-17-8/h2-4,7H,5-6H2,1H3,(H,15,16). The molecule has 0 aromatic carbocycles. The van der Waals surface area contributed by atoms with Gasteiger partial charge >= 0.3 is 5.97 Å². The molecule has 1 atom stereocenters. The maximum Gasteiger partial charge on any atom is 0.303 e. The first-order valence-corrected chi connectivity index (χ1v) is 6.06. The van der Waals surface area contributed by atoms with Crippen LogP contribution >= 0.6 is 11.3 Å². The first-order valence-electron chi connectivity index (χ1n) is 5.18. The van der Waals surface area contributed by atoms with Gasteiger partial charge in [-0.1, -0.05) is 13.0 Å². The van der Waals surface area contributed by atoms with E-state index < -0.39 is 5.97 Å². The topological polar surface area (TPSA) is 80.9 Å². The van der Waals surface area contributed by atoms with E-state index in [0.29, 0.717) is 12.4 Å². The fourth-order valence-corrected chi connectivity index (χ4v) is 2.28. The zero-order valence-electron chi connectivity index (χ0n) is 9.28. The summed E-state index contributed by atoms with van der Waals surface area (Å²) in [5, 5.41) is 22.1. The summed E-state index contributed by atoms with van der Waals surface area (Å²) in [6.07, 6.45) is 0.115. The summed E-state index contributed by atoms with van der Waals surface area (Å²) in [5.74, 6) is -0.116. The van der Waals surface area contributed by atoms with E-state index in [4.69, 9.17) is 5.11 Å². The van der Waals surface area contributed by atoms with Crippen molar-refractivity contribution in [3.8, 4) is 10.7 Å². The fourth-order valence-electron chi connectivity index (χ4n) is 1.57. The van der Waals surface area contributed by atoms with Crippen LogP contribution in [0.2, 0.25) is 0 Å². The van der Waals surface area contributed by atoms with Crippen molar-refractivity contribution in [2.75, 3.05) is 0 Å². The van der Waals surface area contributed by atoms with Crippen molar-refractivity contribution in [1.29, 1.82) is 0 Å².